The second-order valence-electron chi connectivity index (χ2n) is 4.81. The number of aryl methyl sites for hydroxylation is 2. The maximum Gasteiger partial charge on any atom is 0.134 e. The Bertz CT molecular complexity index is 765. The van der Waals surface area contributed by atoms with Crippen LogP contribution >= 0.6 is 0 Å². The third kappa shape index (κ3) is 3.40. The summed E-state index contributed by atoms with van der Waals surface area (Å²) in [7, 11) is 0. The summed E-state index contributed by atoms with van der Waals surface area (Å²) in [6, 6.07) is 16.1. The standard InChI is InChI=1S/2C9H8O.C2H6/c2*1-7-3-2-4-9-8(7)5-6-10-9;1-2/h2*2-6H,1H3;1-2H3. The zero-order valence-corrected chi connectivity index (χ0v) is 13.6. The molecule has 0 aliphatic rings. The van der Waals surface area contributed by atoms with E-state index in [2.05, 4.69) is 26.0 Å². The number of hydrogen-bond donors (Lipinski definition) is 0. The van der Waals surface area contributed by atoms with Crippen molar-refractivity contribution in [1.82, 2.24) is 0 Å². The highest BCUT2D eigenvalue weighted by Crippen LogP contribution is 2.18. The van der Waals surface area contributed by atoms with Crippen LogP contribution in [0.2, 0.25) is 0 Å². The van der Waals surface area contributed by atoms with Gasteiger partial charge in [-0.25, -0.2) is 0 Å². The van der Waals surface area contributed by atoms with Crippen molar-refractivity contribution < 1.29 is 8.83 Å². The lowest BCUT2D eigenvalue weighted by Gasteiger charge is -1.90. The Labute approximate surface area is 131 Å². The maximum atomic E-state index is 5.20. The monoisotopic (exact) mass is 294 g/mol. The fraction of sp³-hybridized carbons (Fsp3) is 0.200. The summed E-state index contributed by atoms with van der Waals surface area (Å²) in [5.41, 5.74) is 4.48. The molecule has 2 aromatic carbocycles. The molecule has 2 heterocycles. The van der Waals surface area contributed by atoms with E-state index in [1.165, 1.54) is 21.9 Å². The van der Waals surface area contributed by atoms with Gasteiger partial charge in [0.2, 0.25) is 0 Å². The van der Waals surface area contributed by atoms with Gasteiger partial charge in [0.25, 0.3) is 0 Å². The van der Waals surface area contributed by atoms with Crippen molar-refractivity contribution in [1.29, 1.82) is 0 Å². The van der Waals surface area contributed by atoms with Crippen LogP contribution in [0.5, 0.6) is 0 Å². The van der Waals surface area contributed by atoms with Crippen molar-refractivity contribution in [3.63, 3.8) is 0 Å². The van der Waals surface area contributed by atoms with E-state index in [0.29, 0.717) is 0 Å². The molecule has 22 heavy (non-hydrogen) atoms. The minimum Gasteiger partial charge on any atom is -0.464 e. The molecule has 0 fully saturated rings. The molecule has 2 heteroatoms. The fourth-order valence-electron chi connectivity index (χ4n) is 2.29. The van der Waals surface area contributed by atoms with E-state index >= 15 is 0 Å². The third-order valence-corrected chi connectivity index (χ3v) is 3.43. The molecule has 2 nitrogen and oxygen atoms in total. The van der Waals surface area contributed by atoms with Gasteiger partial charge in [0.1, 0.15) is 11.2 Å². The molecule has 2 aromatic heterocycles. The minimum absolute atomic E-state index is 0.972. The lowest BCUT2D eigenvalue weighted by molar-refractivity contribution is 0.615. The summed E-state index contributed by atoms with van der Waals surface area (Å²) < 4.78 is 10.4. The Balaban J connectivity index is 0.000000144. The smallest absolute Gasteiger partial charge is 0.134 e. The van der Waals surface area contributed by atoms with E-state index in [9.17, 15) is 0 Å². The van der Waals surface area contributed by atoms with Crippen molar-refractivity contribution in [2.45, 2.75) is 27.7 Å². The quantitative estimate of drug-likeness (QED) is 0.369. The molecule has 0 radical (unpaired) electrons. The van der Waals surface area contributed by atoms with Gasteiger partial charge in [0.05, 0.1) is 12.5 Å². The molecule has 0 bridgehead atoms. The molecule has 0 N–H and O–H groups in total. The zero-order valence-electron chi connectivity index (χ0n) is 13.6. The topological polar surface area (TPSA) is 26.3 Å². The van der Waals surface area contributed by atoms with Crippen molar-refractivity contribution >= 4 is 21.9 Å². The van der Waals surface area contributed by atoms with Gasteiger partial charge >= 0.3 is 0 Å². The van der Waals surface area contributed by atoms with Crippen LogP contribution in [0.15, 0.2) is 69.9 Å². The van der Waals surface area contributed by atoms with Gasteiger partial charge < -0.3 is 8.83 Å². The van der Waals surface area contributed by atoms with Gasteiger partial charge in [0, 0.05) is 10.8 Å². The highest BCUT2D eigenvalue weighted by molar-refractivity contribution is 5.81. The molecule has 114 valence electrons. The molecule has 0 unspecified atom stereocenters. The largest absolute Gasteiger partial charge is 0.464 e. The Morgan fingerprint density at radius 2 is 1.00 bits per heavy atom. The van der Waals surface area contributed by atoms with E-state index in [4.69, 9.17) is 8.83 Å². The lowest BCUT2D eigenvalue weighted by atomic mass is 10.1. The van der Waals surface area contributed by atoms with E-state index in [1.807, 2.05) is 50.2 Å². The van der Waals surface area contributed by atoms with Gasteiger partial charge in [0.15, 0.2) is 0 Å². The van der Waals surface area contributed by atoms with Crippen LogP contribution in [-0.4, -0.2) is 0 Å². The van der Waals surface area contributed by atoms with E-state index in [1.54, 1.807) is 12.5 Å². The normalized spacial score (nSPS) is 9.82. The van der Waals surface area contributed by atoms with Crippen LogP contribution in [-0.2, 0) is 0 Å². The number of furan rings is 2. The van der Waals surface area contributed by atoms with Gasteiger partial charge in [-0.15, -0.1) is 0 Å². The van der Waals surface area contributed by atoms with E-state index in [0.717, 1.165) is 11.2 Å². The van der Waals surface area contributed by atoms with E-state index < -0.39 is 0 Å². The summed E-state index contributed by atoms with van der Waals surface area (Å²) in [4.78, 5) is 0. The Morgan fingerprint density at radius 1 is 0.591 bits per heavy atom. The van der Waals surface area contributed by atoms with Gasteiger partial charge in [-0.1, -0.05) is 38.1 Å². The SMILES string of the molecule is CC.Cc1cccc2occc12.Cc1cccc2occc12. The van der Waals surface area contributed by atoms with Crippen LogP contribution < -0.4 is 0 Å². The Kier molecular flexibility index (Phi) is 5.42. The average Bonchev–Trinajstić information content (AvgIpc) is 3.20. The van der Waals surface area contributed by atoms with Crippen molar-refractivity contribution in [2.75, 3.05) is 0 Å². The molecule has 0 amide bonds. The summed E-state index contributed by atoms with van der Waals surface area (Å²) in [6.45, 7) is 8.16. The predicted molar refractivity (Wildman–Crippen MR) is 93.3 cm³/mol. The molecular formula is C20H22O2. The highest BCUT2D eigenvalue weighted by atomic mass is 16.3. The highest BCUT2D eigenvalue weighted by Gasteiger charge is 1.96. The first kappa shape index (κ1) is 15.9. The van der Waals surface area contributed by atoms with Crippen LogP contribution in [0.4, 0.5) is 0 Å². The molecule has 0 spiro atoms. The average molecular weight is 294 g/mol. The van der Waals surface area contributed by atoms with Crippen LogP contribution in [0, 0.1) is 13.8 Å². The molecule has 0 atom stereocenters. The van der Waals surface area contributed by atoms with Gasteiger partial charge in [-0.3, -0.25) is 0 Å². The first-order valence-corrected chi connectivity index (χ1v) is 7.61. The van der Waals surface area contributed by atoms with Crippen molar-refractivity contribution in [3.05, 3.63) is 72.2 Å². The second-order valence-corrected chi connectivity index (χ2v) is 4.81. The summed E-state index contributed by atoms with van der Waals surface area (Å²) in [5, 5.41) is 2.42. The number of fused-ring (bicyclic) bond motifs is 2. The molecule has 4 rings (SSSR count). The van der Waals surface area contributed by atoms with Crippen LogP contribution in [0.3, 0.4) is 0 Å². The van der Waals surface area contributed by atoms with Gasteiger partial charge in [-0.2, -0.15) is 0 Å². The second kappa shape index (κ2) is 7.51. The predicted octanol–water partition coefficient (Wildman–Crippen LogP) is 6.51. The summed E-state index contributed by atoms with van der Waals surface area (Å²) in [5.74, 6) is 0. The minimum atomic E-state index is 0.972. The first-order chi connectivity index (χ1) is 10.8. The summed E-state index contributed by atoms with van der Waals surface area (Å²) in [6.07, 6.45) is 3.44. The molecule has 0 aliphatic carbocycles. The maximum absolute atomic E-state index is 5.20. The molecular weight excluding hydrogens is 272 g/mol. The van der Waals surface area contributed by atoms with Crippen LogP contribution in [0.25, 0.3) is 21.9 Å². The number of hydrogen-bond acceptors (Lipinski definition) is 2. The van der Waals surface area contributed by atoms with E-state index in [-0.39, 0.29) is 0 Å². The molecule has 4 aromatic rings. The number of rotatable bonds is 0. The third-order valence-electron chi connectivity index (χ3n) is 3.43. The Morgan fingerprint density at radius 3 is 1.36 bits per heavy atom. The molecule has 0 aliphatic heterocycles. The fourth-order valence-corrected chi connectivity index (χ4v) is 2.29. The van der Waals surface area contributed by atoms with Crippen molar-refractivity contribution in [3.8, 4) is 0 Å². The van der Waals surface area contributed by atoms with Crippen molar-refractivity contribution in [2.24, 2.45) is 0 Å². The summed E-state index contributed by atoms with van der Waals surface area (Å²) >= 11 is 0. The molecule has 0 saturated heterocycles. The van der Waals surface area contributed by atoms with Crippen LogP contribution in [0.1, 0.15) is 25.0 Å². The zero-order chi connectivity index (χ0) is 15.9. The first-order valence-electron chi connectivity index (χ1n) is 7.61. The molecule has 0 saturated carbocycles. The lowest BCUT2D eigenvalue weighted by Crippen LogP contribution is -1.69. The number of benzene rings is 2. The van der Waals surface area contributed by atoms with Gasteiger partial charge in [-0.05, 0) is 49.2 Å². The Hall–Kier alpha value is -2.48.